The molecule has 4 heteroatoms. The summed E-state index contributed by atoms with van der Waals surface area (Å²) in [6, 6.07) is 154. The SMILES string of the molecule is c1ccc(-c2ccccc2-c2cc(N(c3ccccc3)c3ccccc3)c3ccc4ccc(N(c5ccccc5)c5ccccc5)c5ccc2c3c45)cc1.c1ccc(N(c2ccccc2)c2ccc3ccc4c(N(c5ccccc5)c5ccccc5)cc(-c5cccc6ccccc56)c5ccc2c3c54)cc1. The van der Waals surface area contributed by atoms with E-state index in [-0.39, 0.29) is 0 Å². The third-order valence-corrected chi connectivity index (χ3v) is 20.9. The lowest BCUT2D eigenvalue weighted by Gasteiger charge is -2.30. The normalized spacial score (nSPS) is 11.4. The molecule has 0 saturated carbocycles. The Morgan fingerprint density at radius 1 is 0.132 bits per heavy atom. The molecular formula is C102H70N4. The number of nitrogens with zero attached hydrogens (tertiary/aromatic N) is 4. The molecule has 0 heterocycles. The van der Waals surface area contributed by atoms with Crippen LogP contribution in [0.1, 0.15) is 0 Å². The van der Waals surface area contributed by atoms with Crippen molar-refractivity contribution in [2.24, 2.45) is 0 Å². The van der Waals surface area contributed by atoms with Crippen LogP contribution in [-0.4, -0.2) is 0 Å². The van der Waals surface area contributed by atoms with Crippen LogP contribution in [0.2, 0.25) is 0 Å². The summed E-state index contributed by atoms with van der Waals surface area (Å²) in [6.45, 7) is 0. The van der Waals surface area contributed by atoms with Gasteiger partial charge in [-0.1, -0.05) is 303 Å². The van der Waals surface area contributed by atoms with Crippen LogP contribution in [0.3, 0.4) is 0 Å². The maximum atomic E-state index is 2.42. The summed E-state index contributed by atoms with van der Waals surface area (Å²) >= 11 is 0. The average molecular weight is 1350 g/mol. The lowest BCUT2D eigenvalue weighted by molar-refractivity contribution is 1.30. The minimum Gasteiger partial charge on any atom is -0.310 e. The number of anilines is 12. The summed E-state index contributed by atoms with van der Waals surface area (Å²) in [5.74, 6) is 0. The first-order valence-electron chi connectivity index (χ1n) is 36.4. The standard InChI is InChI=1S/C52H36N2.C50H34N2/c1-6-18-37(19-7-1)43-28-16-17-29-44(43)48-36-50(54(41-24-12-4-13-25-41)42-26-14-5-15-27-42)47-32-30-38-31-35-49(46-34-33-45(48)52(47)51(38)46)53(39-20-8-2-9-21-39)40-22-10-3-11-23-40;1-5-18-37(19-6-1)51(38-20-7-2-8-21-38)47-33-29-36-28-30-45-48(52(39-22-9-3-10-23-39)40-24-11-4-12-25-40)34-46(43-31-32-44(47)49(36)50(43)45)42-27-15-17-35-16-13-14-26-41(35)42/h1-36H;1-34H. The van der Waals surface area contributed by atoms with Crippen LogP contribution in [0.4, 0.5) is 68.2 Å². The monoisotopic (exact) mass is 1350 g/mol. The van der Waals surface area contributed by atoms with E-state index >= 15 is 0 Å². The van der Waals surface area contributed by atoms with Crippen LogP contribution in [-0.2, 0) is 0 Å². The number of para-hydroxylation sites is 8. The van der Waals surface area contributed by atoms with E-state index in [9.17, 15) is 0 Å². The zero-order valence-corrected chi connectivity index (χ0v) is 58.2. The first kappa shape index (κ1) is 62.9. The molecule has 0 amide bonds. The van der Waals surface area contributed by atoms with E-state index in [2.05, 4.69) is 444 Å². The highest BCUT2D eigenvalue weighted by Crippen LogP contribution is 2.54. The number of rotatable bonds is 15. The lowest BCUT2D eigenvalue weighted by Crippen LogP contribution is -2.11. The molecule has 20 aromatic rings. The summed E-state index contributed by atoms with van der Waals surface area (Å²) < 4.78 is 0. The summed E-state index contributed by atoms with van der Waals surface area (Å²) in [4.78, 5) is 9.61. The van der Waals surface area contributed by atoms with Crippen molar-refractivity contribution in [2.45, 2.75) is 0 Å². The minimum atomic E-state index is 1.11. The molecule has 0 atom stereocenters. The molecule has 0 radical (unpaired) electrons. The molecule has 0 aliphatic rings. The van der Waals surface area contributed by atoms with Crippen LogP contribution in [0.15, 0.2) is 425 Å². The molecule has 4 nitrogen and oxygen atoms in total. The van der Waals surface area contributed by atoms with Gasteiger partial charge in [0.05, 0.1) is 22.7 Å². The fourth-order valence-corrected chi connectivity index (χ4v) is 16.3. The van der Waals surface area contributed by atoms with E-state index in [1.54, 1.807) is 0 Å². The van der Waals surface area contributed by atoms with Gasteiger partial charge >= 0.3 is 0 Å². The topological polar surface area (TPSA) is 13.0 Å². The van der Waals surface area contributed by atoms with E-state index in [4.69, 9.17) is 0 Å². The molecule has 0 N–H and O–H groups in total. The lowest BCUT2D eigenvalue weighted by atomic mass is 9.85. The van der Waals surface area contributed by atoms with Crippen molar-refractivity contribution >= 4 is 144 Å². The minimum absolute atomic E-state index is 1.11. The van der Waals surface area contributed by atoms with Crippen molar-refractivity contribution in [1.82, 2.24) is 0 Å². The number of hydrogen-bond acceptors (Lipinski definition) is 4. The van der Waals surface area contributed by atoms with Gasteiger partial charge in [0.15, 0.2) is 0 Å². The second-order valence-corrected chi connectivity index (χ2v) is 27.0. The van der Waals surface area contributed by atoms with Crippen molar-refractivity contribution < 1.29 is 0 Å². The molecule has 0 aromatic heterocycles. The van der Waals surface area contributed by atoms with Gasteiger partial charge in [-0.3, -0.25) is 0 Å². The smallest absolute Gasteiger partial charge is 0.0546 e. The number of fused-ring (bicyclic) bond motifs is 1. The van der Waals surface area contributed by atoms with E-state index in [0.29, 0.717) is 0 Å². The van der Waals surface area contributed by atoms with Crippen molar-refractivity contribution in [3.05, 3.63) is 425 Å². The van der Waals surface area contributed by atoms with Gasteiger partial charge in [-0.25, -0.2) is 0 Å². The van der Waals surface area contributed by atoms with E-state index in [1.807, 2.05) is 0 Å². The molecular weight excluding hydrogens is 1280 g/mol. The molecule has 0 aliphatic carbocycles. The summed E-state index contributed by atoms with van der Waals surface area (Å²) in [5.41, 5.74) is 20.8. The van der Waals surface area contributed by atoms with Crippen LogP contribution in [0, 0.1) is 0 Å². The molecule has 0 fully saturated rings. The van der Waals surface area contributed by atoms with E-state index in [1.165, 1.54) is 109 Å². The van der Waals surface area contributed by atoms with Crippen molar-refractivity contribution in [1.29, 1.82) is 0 Å². The zero-order chi connectivity index (χ0) is 70.3. The van der Waals surface area contributed by atoms with Gasteiger partial charge < -0.3 is 19.6 Å². The Labute approximate surface area is 617 Å². The zero-order valence-electron chi connectivity index (χ0n) is 58.2. The Kier molecular flexibility index (Phi) is 16.2. The first-order chi connectivity index (χ1) is 52.7. The predicted molar refractivity (Wildman–Crippen MR) is 453 cm³/mol. The highest BCUT2D eigenvalue weighted by molar-refractivity contribution is 6.33. The third kappa shape index (κ3) is 11.2. The second-order valence-electron chi connectivity index (χ2n) is 27.0. The Bertz CT molecular complexity index is 6320. The van der Waals surface area contributed by atoms with Gasteiger partial charge in [0, 0.05) is 77.8 Å². The Morgan fingerprint density at radius 2 is 0.396 bits per heavy atom. The fraction of sp³-hybridized carbons (Fsp3) is 0. The van der Waals surface area contributed by atoms with Gasteiger partial charge in [-0.2, -0.15) is 0 Å². The largest absolute Gasteiger partial charge is 0.310 e. The third-order valence-electron chi connectivity index (χ3n) is 20.9. The van der Waals surface area contributed by atoms with Gasteiger partial charge in [-0.05, 0) is 198 Å². The van der Waals surface area contributed by atoms with Crippen molar-refractivity contribution in [3.63, 3.8) is 0 Å². The molecule has 0 saturated heterocycles. The van der Waals surface area contributed by atoms with E-state index in [0.717, 1.165) is 68.2 Å². The highest BCUT2D eigenvalue weighted by atomic mass is 15.2. The quantitative estimate of drug-likeness (QED) is 0.0949. The summed E-state index contributed by atoms with van der Waals surface area (Å²) in [5, 5.41) is 17.3. The maximum Gasteiger partial charge on any atom is 0.0546 e. The molecule has 0 aliphatic heterocycles. The summed E-state index contributed by atoms with van der Waals surface area (Å²) in [7, 11) is 0. The van der Waals surface area contributed by atoms with E-state index < -0.39 is 0 Å². The second kappa shape index (κ2) is 27.4. The van der Waals surface area contributed by atoms with Crippen molar-refractivity contribution in [3.8, 4) is 33.4 Å². The molecule has 20 rings (SSSR count). The predicted octanol–water partition coefficient (Wildman–Crippen LogP) is 29.2. The molecule has 0 unspecified atom stereocenters. The Balaban J connectivity index is 0.000000145. The van der Waals surface area contributed by atoms with Crippen molar-refractivity contribution in [2.75, 3.05) is 19.6 Å². The molecule has 0 spiro atoms. The molecule has 498 valence electrons. The van der Waals surface area contributed by atoms with Crippen LogP contribution in [0.5, 0.6) is 0 Å². The molecule has 0 bridgehead atoms. The number of hydrogen-bond donors (Lipinski definition) is 0. The summed E-state index contributed by atoms with van der Waals surface area (Å²) in [6.07, 6.45) is 0. The molecule has 20 aromatic carbocycles. The Hall–Kier alpha value is -14.1. The Morgan fingerprint density at radius 3 is 0.783 bits per heavy atom. The highest BCUT2D eigenvalue weighted by Gasteiger charge is 2.28. The fourth-order valence-electron chi connectivity index (χ4n) is 16.3. The average Bonchev–Trinajstić information content (AvgIpc) is 0.715. The maximum absolute atomic E-state index is 2.42. The van der Waals surface area contributed by atoms with Gasteiger partial charge in [0.1, 0.15) is 0 Å². The van der Waals surface area contributed by atoms with Gasteiger partial charge in [0.25, 0.3) is 0 Å². The van der Waals surface area contributed by atoms with Crippen LogP contribution >= 0.6 is 0 Å². The van der Waals surface area contributed by atoms with Gasteiger partial charge in [-0.15, -0.1) is 0 Å². The van der Waals surface area contributed by atoms with Crippen LogP contribution in [0.25, 0.3) is 109 Å². The van der Waals surface area contributed by atoms with Crippen LogP contribution < -0.4 is 19.6 Å². The van der Waals surface area contributed by atoms with Gasteiger partial charge in [0.2, 0.25) is 0 Å². The first-order valence-corrected chi connectivity index (χ1v) is 36.4. The molecule has 106 heavy (non-hydrogen) atoms. The number of benzene rings is 20.